The van der Waals surface area contributed by atoms with Gasteiger partial charge in [0.25, 0.3) is 0 Å². The van der Waals surface area contributed by atoms with E-state index in [1.54, 1.807) is 0 Å². The van der Waals surface area contributed by atoms with Gasteiger partial charge in [-0.05, 0) is 29.3 Å². The van der Waals surface area contributed by atoms with Crippen LogP contribution in [0.4, 0.5) is 0 Å². The Balaban J connectivity index is 2.64. The molecule has 1 aromatic rings. The van der Waals surface area contributed by atoms with E-state index in [1.807, 2.05) is 0 Å². The molecule has 1 N–H and O–H groups in total. The molecule has 0 unspecified atom stereocenters. The third-order valence-electron chi connectivity index (χ3n) is 1.30. The van der Waals surface area contributed by atoms with Crippen LogP contribution < -0.4 is 4.89 Å². The summed E-state index contributed by atoms with van der Waals surface area (Å²) in [6.45, 7) is 0. The van der Waals surface area contributed by atoms with Crippen LogP contribution in [0.25, 0.3) is 0 Å². The lowest BCUT2D eigenvalue weighted by molar-refractivity contribution is -0.453. The summed E-state index contributed by atoms with van der Waals surface area (Å²) < 4.78 is 0. The number of carboxylic acid groups (broad SMARTS) is 1. The molecule has 0 fully saturated rings. The molecule has 13 heavy (non-hydrogen) atoms. The molecule has 5 nitrogen and oxygen atoms in total. The molecule has 5 heteroatoms. The molecule has 0 aliphatic heterocycles. The van der Waals surface area contributed by atoms with E-state index in [0.717, 1.165) is 0 Å². The van der Waals surface area contributed by atoms with Gasteiger partial charge in [-0.3, -0.25) is 0 Å². The Bertz CT molecular complexity index is 279. The van der Waals surface area contributed by atoms with Gasteiger partial charge in [0, 0.05) is 0 Å². The van der Waals surface area contributed by atoms with Crippen molar-refractivity contribution >= 4 is 5.97 Å². The Hall–Kier alpha value is -1.59. The highest BCUT2D eigenvalue weighted by Gasteiger charge is 2.02. The lowest BCUT2D eigenvalue weighted by atomic mass is 10.2. The third-order valence-corrected chi connectivity index (χ3v) is 1.30. The van der Waals surface area contributed by atoms with E-state index in [9.17, 15) is 4.79 Å². The van der Waals surface area contributed by atoms with Crippen molar-refractivity contribution in [1.82, 2.24) is 0 Å². The van der Waals surface area contributed by atoms with Crippen LogP contribution in [-0.4, -0.2) is 18.2 Å². The number of carbonyl (C=O) groups is 1. The first-order chi connectivity index (χ1) is 6.24. The Morgan fingerprint density at radius 2 is 1.92 bits per heavy atom. The van der Waals surface area contributed by atoms with Crippen LogP contribution in [0.3, 0.4) is 0 Å². The fraction of sp³-hybridized carbons (Fsp3) is 0.125. The molecule has 0 saturated heterocycles. The quantitative estimate of drug-likeness (QED) is 0.563. The fourth-order valence-corrected chi connectivity index (χ4v) is 0.726. The Labute approximate surface area is 74.3 Å². The van der Waals surface area contributed by atoms with Crippen molar-refractivity contribution in [3.8, 4) is 5.75 Å². The maximum Gasteiger partial charge on any atom is 0.335 e. The molecule has 70 valence electrons. The van der Waals surface area contributed by atoms with Crippen LogP contribution in [0.1, 0.15) is 10.4 Å². The summed E-state index contributed by atoms with van der Waals surface area (Å²) in [6.07, 6.45) is 0. The number of hydrogen-bond donors (Lipinski definition) is 1. The molecule has 1 rings (SSSR count). The monoisotopic (exact) mass is 184 g/mol. The molecule has 0 amide bonds. The predicted octanol–water partition coefficient (Wildman–Crippen LogP) is 1.26. The van der Waals surface area contributed by atoms with E-state index in [-0.39, 0.29) is 5.56 Å². The Kier molecular flexibility index (Phi) is 3.24. The van der Waals surface area contributed by atoms with Gasteiger partial charge in [-0.2, -0.15) is 4.89 Å². The fourth-order valence-electron chi connectivity index (χ4n) is 0.726. The molecule has 0 heterocycles. The molecular weight excluding hydrogens is 176 g/mol. The number of benzene rings is 1. The molecule has 0 aromatic heterocycles. The second-order valence-electron chi connectivity index (χ2n) is 2.15. The second kappa shape index (κ2) is 4.44. The van der Waals surface area contributed by atoms with Crippen molar-refractivity contribution in [2.75, 3.05) is 7.11 Å². The van der Waals surface area contributed by atoms with Crippen molar-refractivity contribution in [1.29, 1.82) is 0 Å². The molecule has 0 atom stereocenters. The summed E-state index contributed by atoms with van der Waals surface area (Å²) in [4.78, 5) is 19.2. The van der Waals surface area contributed by atoms with Crippen molar-refractivity contribution in [2.45, 2.75) is 0 Å². The summed E-state index contributed by atoms with van der Waals surface area (Å²) in [5.74, 6) is -0.619. The number of hydrogen-bond acceptors (Lipinski definition) is 4. The average molecular weight is 184 g/mol. The van der Waals surface area contributed by atoms with Crippen LogP contribution in [0.2, 0.25) is 0 Å². The highest BCUT2D eigenvalue weighted by molar-refractivity contribution is 5.87. The SMILES string of the molecule is COOOc1ccc(C(=O)O)cc1. The molecule has 0 radical (unpaired) electrons. The standard InChI is InChI=1S/C8H8O5/c1-11-13-12-7-4-2-6(3-5-7)8(9)10/h2-5H,1H3,(H,9,10). The van der Waals surface area contributed by atoms with E-state index >= 15 is 0 Å². The normalized spacial score (nSPS) is 9.62. The smallest absolute Gasteiger partial charge is 0.335 e. The predicted molar refractivity (Wildman–Crippen MR) is 42.1 cm³/mol. The van der Waals surface area contributed by atoms with Crippen LogP contribution in [0.5, 0.6) is 5.75 Å². The molecule has 0 spiro atoms. The zero-order valence-corrected chi connectivity index (χ0v) is 6.89. The zero-order valence-electron chi connectivity index (χ0n) is 6.89. The van der Waals surface area contributed by atoms with E-state index in [2.05, 4.69) is 14.8 Å². The van der Waals surface area contributed by atoms with E-state index in [0.29, 0.717) is 5.75 Å². The summed E-state index contributed by atoms with van der Waals surface area (Å²) >= 11 is 0. The van der Waals surface area contributed by atoms with Gasteiger partial charge < -0.3 is 9.99 Å². The average Bonchev–Trinajstić information content (AvgIpc) is 2.15. The highest BCUT2D eigenvalue weighted by Crippen LogP contribution is 2.12. The van der Waals surface area contributed by atoms with E-state index < -0.39 is 5.97 Å². The van der Waals surface area contributed by atoms with Gasteiger partial charge >= 0.3 is 5.97 Å². The summed E-state index contributed by atoms with van der Waals surface area (Å²) in [6, 6.07) is 5.72. The second-order valence-corrected chi connectivity index (χ2v) is 2.15. The van der Waals surface area contributed by atoms with E-state index in [1.165, 1.54) is 31.4 Å². The van der Waals surface area contributed by atoms with Crippen molar-refractivity contribution < 1.29 is 24.7 Å². The van der Waals surface area contributed by atoms with Crippen molar-refractivity contribution in [2.24, 2.45) is 0 Å². The summed E-state index contributed by atoms with van der Waals surface area (Å²) in [5, 5.41) is 12.7. The minimum Gasteiger partial charge on any atom is -0.478 e. The topological polar surface area (TPSA) is 65.0 Å². The van der Waals surface area contributed by atoms with Gasteiger partial charge in [-0.1, -0.05) is 0 Å². The van der Waals surface area contributed by atoms with Gasteiger partial charge in [0.05, 0.1) is 12.7 Å². The minimum absolute atomic E-state index is 0.185. The lowest BCUT2D eigenvalue weighted by Crippen LogP contribution is -1.97. The zero-order chi connectivity index (χ0) is 9.68. The minimum atomic E-state index is -0.987. The van der Waals surface area contributed by atoms with Gasteiger partial charge in [0.15, 0.2) is 5.75 Å². The number of rotatable bonds is 4. The third kappa shape index (κ3) is 2.73. The lowest BCUT2D eigenvalue weighted by Gasteiger charge is -2.00. The molecule has 0 aliphatic rings. The summed E-state index contributed by atoms with van der Waals surface area (Å²) in [5.41, 5.74) is 0.185. The van der Waals surface area contributed by atoms with Crippen LogP contribution >= 0.6 is 0 Å². The number of carboxylic acids is 1. The summed E-state index contributed by atoms with van der Waals surface area (Å²) in [7, 11) is 1.30. The highest BCUT2D eigenvalue weighted by atomic mass is 17.5. The largest absolute Gasteiger partial charge is 0.478 e. The Morgan fingerprint density at radius 1 is 1.31 bits per heavy atom. The first-order valence-electron chi connectivity index (χ1n) is 3.44. The maximum absolute atomic E-state index is 10.4. The van der Waals surface area contributed by atoms with Crippen LogP contribution in [0.15, 0.2) is 24.3 Å². The van der Waals surface area contributed by atoms with Gasteiger partial charge in [0.1, 0.15) is 0 Å². The first kappa shape index (κ1) is 9.50. The van der Waals surface area contributed by atoms with Gasteiger partial charge in [0.2, 0.25) is 0 Å². The van der Waals surface area contributed by atoms with Crippen LogP contribution in [-0.2, 0) is 9.93 Å². The molecule has 1 aromatic carbocycles. The molecule has 0 saturated carbocycles. The van der Waals surface area contributed by atoms with E-state index in [4.69, 9.17) is 5.11 Å². The van der Waals surface area contributed by atoms with Crippen molar-refractivity contribution in [3.63, 3.8) is 0 Å². The van der Waals surface area contributed by atoms with Gasteiger partial charge in [-0.25, -0.2) is 4.79 Å². The van der Waals surface area contributed by atoms with Crippen LogP contribution in [0, 0.1) is 0 Å². The Morgan fingerprint density at radius 3 is 2.38 bits per heavy atom. The maximum atomic E-state index is 10.4. The molecular formula is C8H8O5. The van der Waals surface area contributed by atoms with Crippen molar-refractivity contribution in [3.05, 3.63) is 29.8 Å². The molecule has 0 bridgehead atoms. The molecule has 0 aliphatic carbocycles. The number of aromatic carboxylic acids is 1. The first-order valence-corrected chi connectivity index (χ1v) is 3.44. The van der Waals surface area contributed by atoms with Gasteiger partial charge in [-0.15, -0.1) is 0 Å².